The zero-order chi connectivity index (χ0) is 11.1. The molecule has 1 fully saturated rings. The highest BCUT2D eigenvalue weighted by atomic mass is 35.5. The van der Waals surface area contributed by atoms with Gasteiger partial charge in [0.1, 0.15) is 17.1 Å². The van der Waals surface area contributed by atoms with Gasteiger partial charge in [0.15, 0.2) is 11.5 Å². The van der Waals surface area contributed by atoms with Crippen LogP contribution in [-0.2, 0) is 4.74 Å². The van der Waals surface area contributed by atoms with Crippen molar-refractivity contribution in [2.24, 2.45) is 0 Å². The van der Waals surface area contributed by atoms with E-state index in [1.807, 2.05) is 11.3 Å². The molecule has 0 amide bonds. The summed E-state index contributed by atoms with van der Waals surface area (Å²) in [6, 6.07) is 1.71. The molecule has 3 rings (SSSR count). The Kier molecular flexibility index (Phi) is 2.29. The Morgan fingerprint density at radius 2 is 2.38 bits per heavy atom. The summed E-state index contributed by atoms with van der Waals surface area (Å²) in [6.45, 7) is 2.68. The first-order valence-corrected chi connectivity index (χ1v) is 5.63. The molecule has 0 aliphatic carbocycles. The molecule has 0 radical (unpaired) electrons. The van der Waals surface area contributed by atoms with Crippen LogP contribution in [-0.4, -0.2) is 26.2 Å². The van der Waals surface area contributed by atoms with Crippen LogP contribution in [0.2, 0.25) is 5.15 Å². The summed E-state index contributed by atoms with van der Waals surface area (Å²) in [5, 5.41) is 8.70. The second-order valence-electron chi connectivity index (χ2n) is 3.88. The van der Waals surface area contributed by atoms with Gasteiger partial charge >= 0.3 is 0 Å². The molecule has 0 N–H and O–H groups in total. The third-order valence-corrected chi connectivity index (χ3v) is 2.96. The lowest BCUT2D eigenvalue weighted by Gasteiger charge is -2.08. The number of hydrogen-bond donors (Lipinski definition) is 0. The fraction of sp³-hybridized carbons (Fsp3) is 0.500. The number of halogens is 1. The van der Waals surface area contributed by atoms with Crippen LogP contribution in [0.25, 0.3) is 5.65 Å². The highest BCUT2D eigenvalue weighted by molar-refractivity contribution is 6.29. The number of ether oxygens (including phenoxy) is 1. The van der Waals surface area contributed by atoms with Gasteiger partial charge in [0.2, 0.25) is 0 Å². The summed E-state index contributed by atoms with van der Waals surface area (Å²) < 4.78 is 7.51. The van der Waals surface area contributed by atoms with Crippen LogP contribution in [0.4, 0.5) is 0 Å². The molecule has 2 aromatic heterocycles. The Morgan fingerprint density at radius 3 is 3.12 bits per heavy atom. The molecule has 1 saturated heterocycles. The van der Waals surface area contributed by atoms with Gasteiger partial charge in [0.25, 0.3) is 0 Å². The number of hydrogen-bond acceptors (Lipinski definition) is 4. The monoisotopic (exact) mass is 238 g/mol. The molecule has 6 heteroatoms. The minimum atomic E-state index is 0.0386. The van der Waals surface area contributed by atoms with E-state index in [0.29, 0.717) is 5.15 Å². The maximum atomic E-state index is 5.87. The van der Waals surface area contributed by atoms with Crippen LogP contribution in [0.1, 0.15) is 30.6 Å². The van der Waals surface area contributed by atoms with E-state index in [2.05, 4.69) is 15.2 Å². The zero-order valence-corrected chi connectivity index (χ0v) is 9.61. The van der Waals surface area contributed by atoms with Crippen LogP contribution in [0.15, 0.2) is 6.07 Å². The fourth-order valence-corrected chi connectivity index (χ4v) is 2.29. The van der Waals surface area contributed by atoms with Crippen molar-refractivity contribution in [2.75, 3.05) is 6.61 Å². The number of rotatable bonds is 1. The zero-order valence-electron chi connectivity index (χ0n) is 8.85. The third kappa shape index (κ3) is 1.47. The van der Waals surface area contributed by atoms with Crippen molar-refractivity contribution >= 4 is 17.2 Å². The molecule has 3 heterocycles. The summed E-state index contributed by atoms with van der Waals surface area (Å²) in [4.78, 5) is 4.20. The average molecular weight is 239 g/mol. The van der Waals surface area contributed by atoms with E-state index in [4.69, 9.17) is 16.3 Å². The highest BCUT2D eigenvalue weighted by Gasteiger charge is 2.24. The van der Waals surface area contributed by atoms with Gasteiger partial charge in [-0.2, -0.15) is 0 Å². The van der Waals surface area contributed by atoms with Crippen molar-refractivity contribution in [3.8, 4) is 0 Å². The molecule has 1 unspecified atom stereocenters. The Bertz CT molecular complexity index is 533. The van der Waals surface area contributed by atoms with Gasteiger partial charge in [0, 0.05) is 12.7 Å². The smallest absolute Gasteiger partial charge is 0.168 e. The number of fused-ring (bicyclic) bond motifs is 1. The molecule has 84 valence electrons. The van der Waals surface area contributed by atoms with Gasteiger partial charge in [-0.3, -0.25) is 4.40 Å². The van der Waals surface area contributed by atoms with Gasteiger partial charge in [0.05, 0.1) is 0 Å². The molecule has 0 bridgehead atoms. The van der Waals surface area contributed by atoms with Crippen LogP contribution in [0, 0.1) is 6.92 Å². The molecule has 0 saturated carbocycles. The second-order valence-corrected chi connectivity index (χ2v) is 4.27. The van der Waals surface area contributed by atoms with E-state index < -0.39 is 0 Å². The first-order chi connectivity index (χ1) is 7.75. The van der Waals surface area contributed by atoms with Gasteiger partial charge in [-0.25, -0.2) is 4.98 Å². The van der Waals surface area contributed by atoms with Gasteiger partial charge in [-0.15, -0.1) is 10.2 Å². The van der Waals surface area contributed by atoms with E-state index in [9.17, 15) is 0 Å². The van der Waals surface area contributed by atoms with E-state index in [0.717, 1.165) is 36.7 Å². The van der Waals surface area contributed by atoms with E-state index >= 15 is 0 Å². The normalized spacial score (nSPS) is 20.8. The van der Waals surface area contributed by atoms with E-state index in [1.54, 1.807) is 6.07 Å². The second kappa shape index (κ2) is 3.68. The lowest BCUT2D eigenvalue weighted by molar-refractivity contribution is 0.104. The summed E-state index contributed by atoms with van der Waals surface area (Å²) in [5.41, 5.74) is 0.725. The molecule has 2 aromatic rings. The number of aryl methyl sites for hydroxylation is 1. The molecule has 5 nitrogen and oxygen atoms in total. The lowest BCUT2D eigenvalue weighted by Crippen LogP contribution is -2.06. The molecule has 0 spiro atoms. The molecule has 0 aromatic carbocycles. The summed E-state index contributed by atoms with van der Waals surface area (Å²) in [5.74, 6) is 1.62. The summed E-state index contributed by atoms with van der Waals surface area (Å²) in [7, 11) is 0. The van der Waals surface area contributed by atoms with Crippen molar-refractivity contribution in [2.45, 2.75) is 25.9 Å². The molecule has 1 aliphatic heterocycles. The largest absolute Gasteiger partial charge is 0.370 e. The maximum Gasteiger partial charge on any atom is 0.168 e. The van der Waals surface area contributed by atoms with E-state index in [1.165, 1.54) is 0 Å². The van der Waals surface area contributed by atoms with Gasteiger partial charge < -0.3 is 4.74 Å². The van der Waals surface area contributed by atoms with Crippen molar-refractivity contribution in [3.05, 3.63) is 22.9 Å². The third-order valence-electron chi connectivity index (χ3n) is 2.77. The van der Waals surface area contributed by atoms with Crippen molar-refractivity contribution < 1.29 is 4.74 Å². The average Bonchev–Trinajstić information content (AvgIpc) is 2.82. The van der Waals surface area contributed by atoms with Crippen molar-refractivity contribution in [3.63, 3.8) is 0 Å². The number of aromatic nitrogens is 4. The molecular weight excluding hydrogens is 228 g/mol. The summed E-state index contributed by atoms with van der Waals surface area (Å²) >= 11 is 5.87. The summed E-state index contributed by atoms with van der Waals surface area (Å²) in [6.07, 6.45) is 2.10. The Hall–Kier alpha value is -1.20. The van der Waals surface area contributed by atoms with Crippen molar-refractivity contribution in [1.82, 2.24) is 19.6 Å². The minimum absolute atomic E-state index is 0.0386. The molecule has 1 atom stereocenters. The predicted molar refractivity (Wildman–Crippen MR) is 58.5 cm³/mol. The fourth-order valence-electron chi connectivity index (χ4n) is 2.07. The molecular formula is C10H11ClN4O. The Balaban J connectivity index is 2.18. The molecule has 16 heavy (non-hydrogen) atoms. The maximum absolute atomic E-state index is 5.87. The quantitative estimate of drug-likeness (QED) is 0.713. The first kappa shape index (κ1) is 9.99. The van der Waals surface area contributed by atoms with Crippen LogP contribution in [0.3, 0.4) is 0 Å². The topological polar surface area (TPSA) is 52.3 Å². The lowest BCUT2D eigenvalue weighted by atomic mass is 10.2. The number of nitrogens with zero attached hydrogens (tertiary/aromatic N) is 4. The van der Waals surface area contributed by atoms with Gasteiger partial charge in [-0.1, -0.05) is 11.6 Å². The Labute approximate surface area is 97.4 Å². The molecule has 1 aliphatic rings. The van der Waals surface area contributed by atoms with Crippen molar-refractivity contribution in [1.29, 1.82) is 0 Å². The van der Waals surface area contributed by atoms with Crippen LogP contribution in [0.5, 0.6) is 0 Å². The predicted octanol–water partition coefficient (Wildman–Crippen LogP) is 1.94. The SMILES string of the molecule is Cc1nc(Cl)cc2nnc(C3CCCO3)n12. The highest BCUT2D eigenvalue weighted by Crippen LogP contribution is 2.28. The first-order valence-electron chi connectivity index (χ1n) is 5.25. The van der Waals surface area contributed by atoms with Crippen LogP contribution >= 0.6 is 11.6 Å². The van der Waals surface area contributed by atoms with E-state index in [-0.39, 0.29) is 6.10 Å². The van der Waals surface area contributed by atoms with Gasteiger partial charge in [-0.05, 0) is 19.8 Å². The van der Waals surface area contributed by atoms with Crippen LogP contribution < -0.4 is 0 Å². The Morgan fingerprint density at radius 1 is 1.50 bits per heavy atom. The minimum Gasteiger partial charge on any atom is -0.370 e. The standard InChI is InChI=1S/C10H11ClN4O/c1-6-12-8(11)5-9-13-14-10(15(6)9)7-3-2-4-16-7/h5,7H,2-4H2,1H3.